The summed E-state index contributed by atoms with van der Waals surface area (Å²) in [5.41, 5.74) is 7.02. The number of hydrogen-bond donors (Lipinski definition) is 0. The zero-order valence-electron chi connectivity index (χ0n) is 13.8. The summed E-state index contributed by atoms with van der Waals surface area (Å²) in [4.78, 5) is 2.46. The maximum Gasteiger partial charge on any atom is 0.0453 e. The van der Waals surface area contributed by atoms with Gasteiger partial charge in [-0.05, 0) is 43.0 Å². The number of fused-ring (bicyclic) bond motifs is 1. The first-order chi connectivity index (χ1) is 9.41. The molecular weight excluding hydrogens is 242 g/mol. The Morgan fingerprint density at radius 2 is 1.80 bits per heavy atom. The summed E-state index contributed by atoms with van der Waals surface area (Å²) in [5, 5.41) is 0. The highest BCUT2D eigenvalue weighted by Crippen LogP contribution is 2.49. The highest BCUT2D eigenvalue weighted by atomic mass is 15.2. The van der Waals surface area contributed by atoms with E-state index in [0.717, 1.165) is 6.54 Å². The third kappa shape index (κ3) is 2.39. The smallest absolute Gasteiger partial charge is 0.0453 e. The van der Waals surface area contributed by atoms with Gasteiger partial charge in [0, 0.05) is 23.3 Å². The van der Waals surface area contributed by atoms with E-state index in [1.165, 1.54) is 53.8 Å². The molecule has 1 heterocycles. The minimum absolute atomic E-state index is 0.0657. The van der Waals surface area contributed by atoms with Crippen LogP contribution in [0.2, 0.25) is 0 Å². The van der Waals surface area contributed by atoms with Crippen LogP contribution in [0, 0.1) is 13.8 Å². The van der Waals surface area contributed by atoms with Gasteiger partial charge in [-0.3, -0.25) is 0 Å². The second-order valence-electron chi connectivity index (χ2n) is 6.69. The van der Waals surface area contributed by atoms with Crippen molar-refractivity contribution < 1.29 is 0 Å². The van der Waals surface area contributed by atoms with E-state index in [-0.39, 0.29) is 5.41 Å². The summed E-state index contributed by atoms with van der Waals surface area (Å²) in [5.74, 6) is 0. The van der Waals surface area contributed by atoms with Crippen molar-refractivity contribution in [3.8, 4) is 0 Å². The SMILES string of the molecule is C=C1N(CCCCCC)c2ccc(C)c(C)c2C1(C)C. The number of benzene rings is 1. The number of allylic oxidation sites excluding steroid dienone is 1. The van der Waals surface area contributed by atoms with Gasteiger partial charge in [-0.1, -0.05) is 52.7 Å². The number of anilines is 1. The van der Waals surface area contributed by atoms with Crippen LogP contribution in [0.4, 0.5) is 5.69 Å². The molecule has 0 amide bonds. The molecule has 0 spiro atoms. The number of rotatable bonds is 5. The molecule has 0 radical (unpaired) electrons. The fourth-order valence-corrected chi connectivity index (χ4v) is 3.39. The van der Waals surface area contributed by atoms with Crippen LogP contribution in [0.1, 0.15) is 63.1 Å². The summed E-state index contributed by atoms with van der Waals surface area (Å²) in [7, 11) is 0. The standard InChI is InChI=1S/C19H29N/c1-7-8-9-10-13-20-16(4)19(5,6)18-15(3)14(2)11-12-17(18)20/h11-12H,4,7-10,13H2,1-3,5-6H3. The molecule has 0 fully saturated rings. The van der Waals surface area contributed by atoms with Crippen molar-refractivity contribution in [2.45, 2.75) is 65.7 Å². The molecule has 110 valence electrons. The molecule has 20 heavy (non-hydrogen) atoms. The average molecular weight is 271 g/mol. The molecule has 0 aliphatic carbocycles. The molecule has 0 bridgehead atoms. The molecule has 1 heteroatoms. The van der Waals surface area contributed by atoms with E-state index >= 15 is 0 Å². The topological polar surface area (TPSA) is 3.24 Å². The van der Waals surface area contributed by atoms with Gasteiger partial charge in [0.1, 0.15) is 0 Å². The first-order valence-corrected chi connectivity index (χ1v) is 7.98. The van der Waals surface area contributed by atoms with E-state index in [9.17, 15) is 0 Å². The number of unbranched alkanes of at least 4 members (excludes halogenated alkanes) is 3. The average Bonchev–Trinajstić information content (AvgIpc) is 2.59. The molecule has 0 N–H and O–H groups in total. The van der Waals surface area contributed by atoms with Gasteiger partial charge in [-0.15, -0.1) is 0 Å². The lowest BCUT2D eigenvalue weighted by Crippen LogP contribution is -2.26. The van der Waals surface area contributed by atoms with E-state index in [1.807, 2.05) is 0 Å². The molecule has 2 rings (SSSR count). The second-order valence-corrected chi connectivity index (χ2v) is 6.69. The third-order valence-electron chi connectivity index (χ3n) is 4.91. The van der Waals surface area contributed by atoms with Gasteiger partial charge >= 0.3 is 0 Å². The fraction of sp³-hybridized carbons (Fsp3) is 0.579. The lowest BCUT2D eigenvalue weighted by atomic mass is 9.81. The van der Waals surface area contributed by atoms with Gasteiger partial charge in [0.25, 0.3) is 0 Å². The Morgan fingerprint density at radius 1 is 1.10 bits per heavy atom. The van der Waals surface area contributed by atoms with Gasteiger partial charge < -0.3 is 4.90 Å². The molecule has 0 saturated carbocycles. The Hall–Kier alpha value is -1.24. The number of hydrogen-bond acceptors (Lipinski definition) is 1. The molecule has 1 aliphatic rings. The van der Waals surface area contributed by atoms with Crippen molar-refractivity contribution in [1.29, 1.82) is 0 Å². The Labute approximate surface area is 124 Å². The summed E-state index contributed by atoms with van der Waals surface area (Å²) in [6.07, 6.45) is 5.21. The van der Waals surface area contributed by atoms with Crippen LogP contribution in [0.25, 0.3) is 0 Å². The van der Waals surface area contributed by atoms with E-state index in [2.05, 4.69) is 58.2 Å². The quantitative estimate of drug-likeness (QED) is 0.640. The Morgan fingerprint density at radius 3 is 2.45 bits per heavy atom. The summed E-state index contributed by atoms with van der Waals surface area (Å²) >= 11 is 0. The fourth-order valence-electron chi connectivity index (χ4n) is 3.39. The lowest BCUT2D eigenvalue weighted by Gasteiger charge is -2.26. The van der Waals surface area contributed by atoms with Crippen LogP contribution in [0.15, 0.2) is 24.4 Å². The van der Waals surface area contributed by atoms with Crippen molar-refractivity contribution >= 4 is 5.69 Å². The van der Waals surface area contributed by atoms with Crippen LogP contribution in [-0.4, -0.2) is 6.54 Å². The molecule has 1 nitrogen and oxygen atoms in total. The van der Waals surface area contributed by atoms with Crippen LogP contribution in [-0.2, 0) is 5.41 Å². The molecular formula is C19H29N. The minimum Gasteiger partial charge on any atom is -0.345 e. The second kappa shape index (κ2) is 5.63. The number of nitrogens with zero attached hydrogens (tertiary/aromatic N) is 1. The van der Waals surface area contributed by atoms with Crippen LogP contribution in [0.3, 0.4) is 0 Å². The van der Waals surface area contributed by atoms with Crippen LogP contribution >= 0.6 is 0 Å². The molecule has 0 unspecified atom stereocenters. The van der Waals surface area contributed by atoms with Crippen LogP contribution in [0.5, 0.6) is 0 Å². The summed E-state index contributed by atoms with van der Waals surface area (Å²) in [6, 6.07) is 4.54. The predicted octanol–water partition coefficient (Wildman–Crippen LogP) is 5.50. The van der Waals surface area contributed by atoms with Crippen molar-refractivity contribution in [3.05, 3.63) is 41.1 Å². The van der Waals surface area contributed by atoms with Gasteiger partial charge in [0.2, 0.25) is 0 Å². The van der Waals surface area contributed by atoms with Crippen molar-refractivity contribution in [2.24, 2.45) is 0 Å². The third-order valence-corrected chi connectivity index (χ3v) is 4.91. The zero-order valence-corrected chi connectivity index (χ0v) is 13.8. The maximum absolute atomic E-state index is 4.40. The molecule has 1 aliphatic heterocycles. The molecule has 0 aromatic heterocycles. The predicted molar refractivity (Wildman–Crippen MR) is 89.6 cm³/mol. The molecule has 1 aromatic carbocycles. The Balaban J connectivity index is 2.30. The van der Waals surface area contributed by atoms with Gasteiger partial charge in [0.05, 0.1) is 0 Å². The van der Waals surface area contributed by atoms with Crippen molar-refractivity contribution in [3.63, 3.8) is 0 Å². The molecule has 1 aromatic rings. The highest BCUT2D eigenvalue weighted by molar-refractivity contribution is 5.72. The van der Waals surface area contributed by atoms with Crippen LogP contribution < -0.4 is 4.90 Å². The van der Waals surface area contributed by atoms with E-state index in [0.29, 0.717) is 0 Å². The van der Waals surface area contributed by atoms with Crippen molar-refractivity contribution in [1.82, 2.24) is 0 Å². The number of aryl methyl sites for hydroxylation is 1. The van der Waals surface area contributed by atoms with E-state index in [1.54, 1.807) is 0 Å². The first-order valence-electron chi connectivity index (χ1n) is 7.98. The molecule has 0 atom stereocenters. The zero-order chi connectivity index (χ0) is 14.9. The van der Waals surface area contributed by atoms with E-state index < -0.39 is 0 Å². The van der Waals surface area contributed by atoms with Gasteiger partial charge in [0.15, 0.2) is 0 Å². The normalized spacial score (nSPS) is 16.6. The monoisotopic (exact) mass is 271 g/mol. The van der Waals surface area contributed by atoms with Gasteiger partial charge in [-0.2, -0.15) is 0 Å². The van der Waals surface area contributed by atoms with Crippen molar-refractivity contribution in [2.75, 3.05) is 11.4 Å². The van der Waals surface area contributed by atoms with Gasteiger partial charge in [-0.25, -0.2) is 0 Å². The Bertz CT molecular complexity index is 511. The lowest BCUT2D eigenvalue weighted by molar-refractivity contribution is 0.612. The largest absolute Gasteiger partial charge is 0.345 e. The first kappa shape index (κ1) is 15.2. The Kier molecular flexibility index (Phi) is 4.27. The summed E-state index contributed by atoms with van der Waals surface area (Å²) < 4.78 is 0. The summed E-state index contributed by atoms with van der Waals surface area (Å²) in [6.45, 7) is 16.9. The highest BCUT2D eigenvalue weighted by Gasteiger charge is 2.39. The minimum atomic E-state index is 0.0657. The van der Waals surface area contributed by atoms with E-state index in [4.69, 9.17) is 0 Å². The molecule has 0 saturated heterocycles. The maximum atomic E-state index is 4.40.